The topological polar surface area (TPSA) is 149 Å². The lowest BCUT2D eigenvalue weighted by Gasteiger charge is -2.24. The van der Waals surface area contributed by atoms with Crippen LogP contribution in [0.15, 0.2) is 60.8 Å². The van der Waals surface area contributed by atoms with Crippen LogP contribution >= 0.6 is 0 Å². The minimum absolute atomic E-state index is 0.00884. The average Bonchev–Trinajstić information content (AvgIpc) is 3.66. The van der Waals surface area contributed by atoms with Gasteiger partial charge in [-0.05, 0) is 43.5 Å². The molecule has 4 rings (SSSR count). The van der Waals surface area contributed by atoms with Gasteiger partial charge in [0.2, 0.25) is 5.91 Å². The zero-order valence-corrected chi connectivity index (χ0v) is 21.6. The molecule has 4 N–H and O–H groups in total. The molecule has 38 heavy (non-hydrogen) atoms. The van der Waals surface area contributed by atoms with Crippen molar-refractivity contribution in [3.63, 3.8) is 0 Å². The number of nitrogens with two attached hydrogens (primary N) is 1. The second-order valence-electron chi connectivity index (χ2n) is 9.43. The summed E-state index contributed by atoms with van der Waals surface area (Å²) in [7, 11) is 1.56. The molecule has 3 unspecified atom stereocenters. The predicted molar refractivity (Wildman–Crippen MR) is 141 cm³/mol. The number of nitrogens with one attached hydrogen (secondary N) is 2. The molecule has 10 heteroatoms. The van der Waals surface area contributed by atoms with Gasteiger partial charge < -0.3 is 25.8 Å². The van der Waals surface area contributed by atoms with E-state index < -0.39 is 29.5 Å². The van der Waals surface area contributed by atoms with Gasteiger partial charge in [-0.3, -0.25) is 14.4 Å². The van der Waals surface area contributed by atoms with E-state index >= 15 is 0 Å². The van der Waals surface area contributed by atoms with E-state index in [-0.39, 0.29) is 30.0 Å². The molecule has 3 aromatic rings. The molecule has 1 aliphatic heterocycles. The molecule has 2 amide bonds. The summed E-state index contributed by atoms with van der Waals surface area (Å²) in [6.45, 7) is 3.66. The molecule has 1 saturated heterocycles. The first-order valence-corrected chi connectivity index (χ1v) is 12.2. The summed E-state index contributed by atoms with van der Waals surface area (Å²) in [6, 6.07) is 14.7. The Balaban J connectivity index is 1.58. The SMILES string of the molecule is COc1ccc(CC(NC(=O)c2cnc(C)nc2N)C(=O)NC(Cc2ccccc2)C(=O)C2(C)CO2)cc1. The number of epoxide rings is 1. The van der Waals surface area contributed by atoms with Crippen LogP contribution in [0.2, 0.25) is 0 Å². The highest BCUT2D eigenvalue weighted by Gasteiger charge is 2.50. The molecule has 1 aromatic heterocycles. The van der Waals surface area contributed by atoms with Crippen LogP contribution in [0.4, 0.5) is 5.82 Å². The van der Waals surface area contributed by atoms with Gasteiger partial charge in [0, 0.05) is 12.6 Å². The number of carbonyl (C=O) groups excluding carboxylic acids is 3. The van der Waals surface area contributed by atoms with Crippen LogP contribution < -0.4 is 21.1 Å². The average molecular weight is 518 g/mol. The van der Waals surface area contributed by atoms with Crippen LogP contribution in [0.1, 0.15) is 34.2 Å². The van der Waals surface area contributed by atoms with Gasteiger partial charge in [0.05, 0.1) is 25.3 Å². The van der Waals surface area contributed by atoms with Crippen molar-refractivity contribution in [1.29, 1.82) is 0 Å². The van der Waals surface area contributed by atoms with Crippen LogP contribution in [0.5, 0.6) is 5.75 Å². The molecule has 2 aromatic carbocycles. The molecule has 0 bridgehead atoms. The van der Waals surface area contributed by atoms with E-state index in [4.69, 9.17) is 15.2 Å². The first-order valence-electron chi connectivity index (χ1n) is 12.2. The number of carbonyl (C=O) groups is 3. The molecule has 0 radical (unpaired) electrons. The molecule has 0 aliphatic carbocycles. The third-order valence-electron chi connectivity index (χ3n) is 6.42. The van der Waals surface area contributed by atoms with Gasteiger partial charge in [0.1, 0.15) is 29.0 Å². The van der Waals surface area contributed by atoms with Crippen LogP contribution in [-0.4, -0.2) is 59.0 Å². The lowest BCUT2D eigenvalue weighted by Crippen LogP contribution is -2.55. The molecule has 2 heterocycles. The Labute approximate surface area is 221 Å². The maximum Gasteiger partial charge on any atom is 0.257 e. The minimum atomic E-state index is -1.02. The number of nitrogens with zero attached hydrogens (tertiary/aromatic N) is 2. The molecule has 0 saturated carbocycles. The maximum absolute atomic E-state index is 13.6. The quantitative estimate of drug-likeness (QED) is 0.326. The number of amides is 2. The molecule has 198 valence electrons. The van der Waals surface area contributed by atoms with E-state index in [0.29, 0.717) is 18.2 Å². The maximum atomic E-state index is 13.6. The third-order valence-corrected chi connectivity index (χ3v) is 6.42. The number of hydrogen-bond donors (Lipinski definition) is 3. The number of benzene rings is 2. The van der Waals surface area contributed by atoms with E-state index in [1.54, 1.807) is 45.2 Å². The summed E-state index contributed by atoms with van der Waals surface area (Å²) >= 11 is 0. The number of hydrogen-bond acceptors (Lipinski definition) is 8. The number of nitrogen functional groups attached to an aromatic ring is 1. The van der Waals surface area contributed by atoms with Crippen LogP contribution in [-0.2, 0) is 27.2 Å². The molecular formula is C28H31N5O5. The van der Waals surface area contributed by atoms with Crippen molar-refractivity contribution < 1.29 is 23.9 Å². The number of methoxy groups -OCH3 is 1. The van der Waals surface area contributed by atoms with Crippen LogP contribution in [0.25, 0.3) is 0 Å². The summed E-state index contributed by atoms with van der Waals surface area (Å²) in [5.41, 5.74) is 6.72. The highest BCUT2D eigenvalue weighted by Crippen LogP contribution is 2.29. The van der Waals surface area contributed by atoms with Crippen molar-refractivity contribution in [3.8, 4) is 5.75 Å². The predicted octanol–water partition coefficient (Wildman–Crippen LogP) is 1.80. The van der Waals surface area contributed by atoms with Crippen LogP contribution in [0.3, 0.4) is 0 Å². The van der Waals surface area contributed by atoms with Gasteiger partial charge in [-0.15, -0.1) is 0 Å². The van der Waals surface area contributed by atoms with Gasteiger partial charge in [0.25, 0.3) is 5.91 Å². The fourth-order valence-corrected chi connectivity index (χ4v) is 4.06. The van der Waals surface area contributed by atoms with E-state index in [2.05, 4.69) is 20.6 Å². The Hall–Kier alpha value is -4.31. The van der Waals surface area contributed by atoms with Crippen molar-refractivity contribution in [3.05, 3.63) is 83.3 Å². The van der Waals surface area contributed by atoms with Gasteiger partial charge in [-0.1, -0.05) is 42.5 Å². The molecule has 1 fully saturated rings. The number of anilines is 1. The van der Waals surface area contributed by atoms with Gasteiger partial charge in [-0.2, -0.15) is 0 Å². The molecule has 10 nitrogen and oxygen atoms in total. The van der Waals surface area contributed by atoms with Gasteiger partial charge in [0.15, 0.2) is 5.78 Å². The monoisotopic (exact) mass is 517 g/mol. The van der Waals surface area contributed by atoms with Crippen molar-refractivity contribution >= 4 is 23.4 Å². The molecular weight excluding hydrogens is 486 g/mol. The first kappa shape index (κ1) is 26.7. The summed E-state index contributed by atoms with van der Waals surface area (Å²) < 4.78 is 10.6. The summed E-state index contributed by atoms with van der Waals surface area (Å²) in [6.07, 6.45) is 1.77. The lowest BCUT2D eigenvalue weighted by molar-refractivity contribution is -0.131. The number of aryl methyl sites for hydroxylation is 1. The summed E-state index contributed by atoms with van der Waals surface area (Å²) in [4.78, 5) is 48.1. The Morgan fingerprint density at radius 1 is 1.03 bits per heavy atom. The highest BCUT2D eigenvalue weighted by atomic mass is 16.6. The smallest absolute Gasteiger partial charge is 0.257 e. The zero-order valence-electron chi connectivity index (χ0n) is 21.6. The van der Waals surface area contributed by atoms with Crippen molar-refractivity contribution in [2.75, 3.05) is 19.5 Å². The Morgan fingerprint density at radius 3 is 2.26 bits per heavy atom. The molecule has 1 aliphatic rings. The van der Waals surface area contributed by atoms with Crippen LogP contribution in [0, 0.1) is 6.92 Å². The normalized spacial score (nSPS) is 17.7. The fourth-order valence-electron chi connectivity index (χ4n) is 4.06. The minimum Gasteiger partial charge on any atom is -0.497 e. The standard InChI is InChI=1S/C28H31N5O5/c1-17-30-15-21(25(29)31-17)26(35)33-23(14-19-9-11-20(37-3)12-10-19)27(36)32-22(24(34)28(2)16-38-28)13-18-7-5-4-6-8-18/h4-12,15,22-23H,13-14,16H2,1-3H3,(H,32,36)(H,33,35)(H2,29,30,31). The summed E-state index contributed by atoms with van der Waals surface area (Å²) in [5, 5.41) is 5.61. The summed E-state index contributed by atoms with van der Waals surface area (Å²) in [5.74, 6) is -0.243. The molecule has 3 atom stereocenters. The largest absolute Gasteiger partial charge is 0.497 e. The van der Waals surface area contributed by atoms with E-state index in [1.165, 1.54) is 6.20 Å². The van der Waals surface area contributed by atoms with E-state index in [1.807, 2.05) is 30.3 Å². The number of ether oxygens (including phenoxy) is 2. The number of Topliss-reactive ketones (excluding diaryl/α,β-unsaturated/α-hetero) is 1. The zero-order chi connectivity index (χ0) is 27.3. The number of ketones is 1. The van der Waals surface area contributed by atoms with E-state index in [0.717, 1.165) is 11.1 Å². The molecule has 0 spiro atoms. The Kier molecular flexibility index (Phi) is 8.02. The second-order valence-corrected chi connectivity index (χ2v) is 9.43. The third kappa shape index (κ3) is 6.51. The Morgan fingerprint density at radius 2 is 1.66 bits per heavy atom. The Bertz CT molecular complexity index is 1310. The van der Waals surface area contributed by atoms with Crippen molar-refractivity contribution in [1.82, 2.24) is 20.6 Å². The van der Waals surface area contributed by atoms with Crippen molar-refractivity contribution in [2.45, 2.75) is 44.4 Å². The number of aromatic nitrogens is 2. The fraction of sp³-hybridized carbons (Fsp3) is 0.321. The van der Waals surface area contributed by atoms with Gasteiger partial charge >= 0.3 is 0 Å². The van der Waals surface area contributed by atoms with Crippen molar-refractivity contribution in [2.24, 2.45) is 0 Å². The van der Waals surface area contributed by atoms with Gasteiger partial charge in [-0.25, -0.2) is 9.97 Å². The lowest BCUT2D eigenvalue weighted by atomic mass is 9.94. The highest BCUT2D eigenvalue weighted by molar-refractivity contribution is 6.02. The second kappa shape index (κ2) is 11.4. The van der Waals surface area contributed by atoms with E-state index in [9.17, 15) is 14.4 Å². The number of rotatable bonds is 11. The first-order chi connectivity index (χ1) is 18.2.